The van der Waals surface area contributed by atoms with Crippen LogP contribution in [0.3, 0.4) is 0 Å². The minimum Gasteiger partial charge on any atom is -0.384 e. The van der Waals surface area contributed by atoms with Gasteiger partial charge in [-0.05, 0) is 24.3 Å². The molecule has 2 rings (SSSR count). The first-order valence-electron chi connectivity index (χ1n) is 4.56. The number of nitrogens with two attached hydrogens (primary N) is 1. The molecule has 0 aliphatic heterocycles. The van der Waals surface area contributed by atoms with E-state index >= 15 is 0 Å². The first kappa shape index (κ1) is 10.0. The third kappa shape index (κ3) is 2.30. The van der Waals surface area contributed by atoms with Gasteiger partial charge in [0.05, 0.1) is 0 Å². The average Bonchev–Trinajstić information content (AvgIpc) is 2.30. The van der Waals surface area contributed by atoms with Gasteiger partial charge in [-0.3, -0.25) is 4.79 Å². The largest absolute Gasteiger partial charge is 0.384 e. The van der Waals surface area contributed by atoms with Crippen molar-refractivity contribution in [3.8, 4) is 0 Å². The number of hydrogen-bond donors (Lipinski definition) is 2. The van der Waals surface area contributed by atoms with Crippen LogP contribution >= 0.6 is 0 Å². The van der Waals surface area contributed by atoms with E-state index in [9.17, 15) is 4.79 Å². The Kier molecular flexibility index (Phi) is 2.73. The van der Waals surface area contributed by atoms with E-state index in [2.05, 4.69) is 20.5 Å². The summed E-state index contributed by atoms with van der Waals surface area (Å²) in [7, 11) is 0. The normalized spacial score (nSPS) is 9.75. The summed E-state index contributed by atoms with van der Waals surface area (Å²) in [5, 5.41) is 9.97. The van der Waals surface area contributed by atoms with Gasteiger partial charge in [-0.1, -0.05) is 0 Å². The summed E-state index contributed by atoms with van der Waals surface area (Å²) in [6.45, 7) is 0. The number of nitrogens with one attached hydrogen (secondary N) is 1. The fourth-order valence-electron chi connectivity index (χ4n) is 1.15. The molecule has 0 spiro atoms. The van der Waals surface area contributed by atoms with E-state index in [1.54, 1.807) is 18.2 Å². The van der Waals surface area contributed by atoms with Gasteiger partial charge < -0.3 is 11.1 Å². The van der Waals surface area contributed by atoms with Crippen molar-refractivity contribution in [1.29, 1.82) is 0 Å². The summed E-state index contributed by atoms with van der Waals surface area (Å²) in [5.41, 5.74) is 5.90. The van der Waals surface area contributed by atoms with Crippen molar-refractivity contribution >= 4 is 17.5 Å². The molecule has 0 aromatic carbocycles. The lowest BCUT2D eigenvalue weighted by molar-refractivity contribution is 0.102. The maximum absolute atomic E-state index is 11.7. The zero-order valence-corrected chi connectivity index (χ0v) is 8.29. The summed E-state index contributed by atoms with van der Waals surface area (Å²) >= 11 is 0. The van der Waals surface area contributed by atoms with Gasteiger partial charge in [-0.2, -0.15) is 5.10 Å². The number of hydrogen-bond acceptors (Lipinski definition) is 5. The number of aromatic nitrogens is 3. The van der Waals surface area contributed by atoms with Gasteiger partial charge >= 0.3 is 0 Å². The number of pyridine rings is 1. The minimum atomic E-state index is -0.297. The predicted molar refractivity (Wildman–Crippen MR) is 58.6 cm³/mol. The lowest BCUT2D eigenvalue weighted by Gasteiger charge is -2.03. The smallest absolute Gasteiger partial charge is 0.257 e. The van der Waals surface area contributed by atoms with Crippen LogP contribution in [0.4, 0.5) is 11.6 Å². The van der Waals surface area contributed by atoms with Crippen molar-refractivity contribution in [2.75, 3.05) is 11.1 Å². The first-order valence-corrected chi connectivity index (χ1v) is 4.56. The van der Waals surface area contributed by atoms with Gasteiger partial charge in [0.15, 0.2) is 5.82 Å². The molecule has 3 N–H and O–H groups in total. The predicted octanol–water partition coefficient (Wildman–Crippen LogP) is 0.706. The van der Waals surface area contributed by atoms with Crippen LogP contribution in [0.1, 0.15) is 10.4 Å². The Balaban J connectivity index is 2.15. The Morgan fingerprint density at radius 2 is 2.19 bits per heavy atom. The molecule has 2 aromatic heterocycles. The van der Waals surface area contributed by atoms with E-state index in [-0.39, 0.29) is 5.91 Å². The van der Waals surface area contributed by atoms with Gasteiger partial charge in [0, 0.05) is 18.0 Å². The van der Waals surface area contributed by atoms with E-state index in [0.29, 0.717) is 17.2 Å². The third-order valence-electron chi connectivity index (χ3n) is 1.86. The number of anilines is 2. The highest BCUT2D eigenvalue weighted by atomic mass is 16.1. The molecule has 1 amide bonds. The van der Waals surface area contributed by atoms with Crippen molar-refractivity contribution < 1.29 is 4.79 Å². The summed E-state index contributed by atoms with van der Waals surface area (Å²) in [4.78, 5) is 15.5. The van der Waals surface area contributed by atoms with E-state index < -0.39 is 0 Å². The molecule has 0 radical (unpaired) electrons. The van der Waals surface area contributed by atoms with Gasteiger partial charge in [0.1, 0.15) is 5.82 Å². The maximum atomic E-state index is 11.7. The quantitative estimate of drug-likeness (QED) is 0.769. The van der Waals surface area contributed by atoms with Crippen molar-refractivity contribution in [2.24, 2.45) is 0 Å². The molecule has 0 saturated carbocycles. The van der Waals surface area contributed by atoms with E-state index in [4.69, 9.17) is 5.73 Å². The third-order valence-corrected chi connectivity index (χ3v) is 1.86. The summed E-state index contributed by atoms with van der Waals surface area (Å²) in [5.74, 6) is 0.393. The molecule has 2 aromatic rings. The maximum Gasteiger partial charge on any atom is 0.257 e. The van der Waals surface area contributed by atoms with Crippen LogP contribution in [0.15, 0.2) is 36.7 Å². The Bertz CT molecular complexity index is 500. The van der Waals surface area contributed by atoms with Crippen LogP contribution in [0.2, 0.25) is 0 Å². The number of amides is 1. The van der Waals surface area contributed by atoms with Crippen LogP contribution in [0.25, 0.3) is 0 Å². The van der Waals surface area contributed by atoms with E-state index in [1.165, 1.54) is 18.5 Å². The molecule has 0 aliphatic carbocycles. The molecular weight excluding hydrogens is 206 g/mol. The van der Waals surface area contributed by atoms with Crippen molar-refractivity contribution in [2.45, 2.75) is 0 Å². The number of nitrogen functional groups attached to an aromatic ring is 1. The van der Waals surface area contributed by atoms with Gasteiger partial charge in [-0.25, -0.2) is 4.98 Å². The Morgan fingerprint density at radius 3 is 2.88 bits per heavy atom. The number of rotatable bonds is 2. The summed E-state index contributed by atoms with van der Waals surface area (Å²) < 4.78 is 0. The second-order valence-corrected chi connectivity index (χ2v) is 3.03. The highest BCUT2D eigenvalue weighted by Gasteiger charge is 2.06. The first-order chi connectivity index (χ1) is 7.75. The second kappa shape index (κ2) is 4.35. The van der Waals surface area contributed by atoms with Crippen LogP contribution < -0.4 is 11.1 Å². The van der Waals surface area contributed by atoms with E-state index in [0.717, 1.165) is 0 Å². The number of carbonyl (C=O) groups excluding carboxylic acids is 1. The summed E-state index contributed by atoms with van der Waals surface area (Å²) in [6, 6.07) is 6.40. The molecule has 80 valence electrons. The Hall–Kier alpha value is -2.50. The highest BCUT2D eigenvalue weighted by Crippen LogP contribution is 2.06. The molecule has 0 atom stereocenters. The topological polar surface area (TPSA) is 93.8 Å². The van der Waals surface area contributed by atoms with Gasteiger partial charge in [-0.15, -0.1) is 5.10 Å². The van der Waals surface area contributed by atoms with Crippen molar-refractivity contribution in [1.82, 2.24) is 15.2 Å². The van der Waals surface area contributed by atoms with E-state index in [1.807, 2.05) is 0 Å². The lowest BCUT2D eigenvalue weighted by Crippen LogP contribution is -2.13. The zero-order chi connectivity index (χ0) is 11.4. The number of carbonyl (C=O) groups is 1. The number of nitrogens with zero attached hydrogens (tertiary/aromatic N) is 3. The van der Waals surface area contributed by atoms with Crippen molar-refractivity contribution in [3.05, 3.63) is 42.2 Å². The molecule has 2 heterocycles. The van der Waals surface area contributed by atoms with Crippen LogP contribution in [0.5, 0.6) is 0 Å². The molecule has 16 heavy (non-hydrogen) atoms. The van der Waals surface area contributed by atoms with Crippen LogP contribution in [0, 0.1) is 0 Å². The molecule has 0 saturated heterocycles. The molecule has 6 heteroatoms. The molecule has 0 bridgehead atoms. The lowest BCUT2D eigenvalue weighted by atomic mass is 10.2. The standard InChI is InChI=1S/C10H9N5O/c11-8-6-7(3-5-12-8)10(16)14-9-2-1-4-13-15-9/h1-6H,(H2,11,12)(H,14,15,16). The van der Waals surface area contributed by atoms with Crippen LogP contribution in [-0.4, -0.2) is 21.1 Å². The van der Waals surface area contributed by atoms with Crippen LogP contribution in [-0.2, 0) is 0 Å². The fraction of sp³-hybridized carbons (Fsp3) is 0. The Morgan fingerprint density at radius 1 is 1.31 bits per heavy atom. The minimum absolute atomic E-state index is 0.297. The highest BCUT2D eigenvalue weighted by molar-refractivity contribution is 6.03. The monoisotopic (exact) mass is 215 g/mol. The fourth-order valence-corrected chi connectivity index (χ4v) is 1.15. The van der Waals surface area contributed by atoms with Gasteiger partial charge in [0.25, 0.3) is 5.91 Å². The van der Waals surface area contributed by atoms with Gasteiger partial charge in [0.2, 0.25) is 0 Å². The molecule has 0 fully saturated rings. The molecule has 0 aliphatic rings. The SMILES string of the molecule is Nc1cc(C(=O)Nc2cccnn2)ccn1. The molecule has 6 nitrogen and oxygen atoms in total. The molecule has 0 unspecified atom stereocenters. The zero-order valence-electron chi connectivity index (χ0n) is 8.29. The molecular formula is C10H9N5O. The average molecular weight is 215 g/mol. The Labute approximate surface area is 91.5 Å². The second-order valence-electron chi connectivity index (χ2n) is 3.03. The summed E-state index contributed by atoms with van der Waals surface area (Å²) in [6.07, 6.45) is 3.00. The van der Waals surface area contributed by atoms with Crippen molar-refractivity contribution in [3.63, 3.8) is 0 Å².